The van der Waals surface area contributed by atoms with Crippen LogP contribution in [-0.4, -0.2) is 39.7 Å². The molecule has 1 atom stereocenters. The number of hydrogen-bond donors (Lipinski definition) is 0. The van der Waals surface area contributed by atoms with E-state index in [2.05, 4.69) is 41.4 Å². The van der Waals surface area contributed by atoms with Crippen LogP contribution in [0.1, 0.15) is 61.6 Å². The average Bonchev–Trinajstić information content (AvgIpc) is 3.10. The average molecular weight is 433 g/mol. The fourth-order valence-electron chi connectivity index (χ4n) is 3.94. The van der Waals surface area contributed by atoms with Gasteiger partial charge in [0.25, 0.3) is 0 Å². The molecular formula is C25H28N4O3. The SMILES string of the molecule is CCc1ccc(C2=N[C@@H](CC(=O)OC(C)C)c3nnc(C)n3-c3ccc(OC)cc32)cc1. The van der Waals surface area contributed by atoms with Gasteiger partial charge in [0.2, 0.25) is 0 Å². The molecule has 0 radical (unpaired) electrons. The molecule has 1 aliphatic heterocycles. The van der Waals surface area contributed by atoms with Gasteiger partial charge in [0, 0.05) is 11.1 Å². The summed E-state index contributed by atoms with van der Waals surface area (Å²) in [5.41, 5.74) is 4.81. The number of aryl methyl sites for hydroxylation is 2. The Balaban J connectivity index is 1.92. The summed E-state index contributed by atoms with van der Waals surface area (Å²) in [5, 5.41) is 8.67. The Morgan fingerprint density at radius 1 is 1.12 bits per heavy atom. The second-order valence-corrected chi connectivity index (χ2v) is 8.11. The molecule has 0 N–H and O–H groups in total. The van der Waals surface area contributed by atoms with Gasteiger partial charge in [-0.1, -0.05) is 31.2 Å². The van der Waals surface area contributed by atoms with Crippen LogP contribution < -0.4 is 4.74 Å². The number of aliphatic imine (C=N–C) groups is 1. The van der Waals surface area contributed by atoms with Crippen molar-refractivity contribution >= 4 is 11.7 Å². The Hall–Kier alpha value is -3.48. The number of carbonyl (C=O) groups excluding carboxylic acids is 1. The van der Waals surface area contributed by atoms with Crippen molar-refractivity contribution in [2.75, 3.05) is 7.11 Å². The predicted octanol–water partition coefficient (Wildman–Crippen LogP) is 4.38. The quantitative estimate of drug-likeness (QED) is 0.540. The Bertz CT molecular complexity index is 1160. The third-order valence-electron chi connectivity index (χ3n) is 5.50. The van der Waals surface area contributed by atoms with Gasteiger partial charge in [0.05, 0.1) is 31.0 Å². The number of hydrogen-bond acceptors (Lipinski definition) is 6. The van der Waals surface area contributed by atoms with Gasteiger partial charge in [-0.05, 0) is 51.0 Å². The van der Waals surface area contributed by atoms with Crippen LogP contribution in [0.2, 0.25) is 0 Å². The molecule has 32 heavy (non-hydrogen) atoms. The van der Waals surface area contributed by atoms with Crippen molar-refractivity contribution in [3.63, 3.8) is 0 Å². The fraction of sp³-hybridized carbons (Fsp3) is 0.360. The Kier molecular flexibility index (Phi) is 6.08. The number of aromatic nitrogens is 3. The number of esters is 1. The standard InChI is InChI=1S/C25H28N4O3/c1-6-17-7-9-18(10-8-17)24-20-13-19(31-5)11-12-22(20)29-16(4)27-28-25(29)21(26-24)14-23(30)32-15(2)3/h7-13,15,21H,6,14H2,1-5H3/t21-/m0/s1. The van der Waals surface area contributed by atoms with Crippen molar-refractivity contribution in [1.29, 1.82) is 0 Å². The second-order valence-electron chi connectivity index (χ2n) is 8.11. The lowest BCUT2D eigenvalue weighted by atomic mass is 9.98. The lowest BCUT2D eigenvalue weighted by Crippen LogP contribution is -2.16. The zero-order chi connectivity index (χ0) is 22.8. The minimum absolute atomic E-state index is 0.0813. The molecule has 0 bridgehead atoms. The molecule has 0 spiro atoms. The number of methoxy groups -OCH3 is 1. The summed E-state index contributed by atoms with van der Waals surface area (Å²) in [6.07, 6.45) is 0.846. The molecule has 0 saturated heterocycles. The number of rotatable bonds is 6. The van der Waals surface area contributed by atoms with Crippen LogP contribution in [0.3, 0.4) is 0 Å². The van der Waals surface area contributed by atoms with E-state index in [0.717, 1.165) is 40.5 Å². The minimum atomic E-state index is -0.526. The van der Waals surface area contributed by atoms with Gasteiger partial charge in [-0.3, -0.25) is 14.4 Å². The predicted molar refractivity (Wildman–Crippen MR) is 123 cm³/mol. The molecular weight excluding hydrogens is 404 g/mol. The van der Waals surface area contributed by atoms with E-state index in [1.165, 1.54) is 5.56 Å². The number of benzene rings is 2. The van der Waals surface area contributed by atoms with Crippen LogP contribution >= 0.6 is 0 Å². The van der Waals surface area contributed by atoms with Crippen molar-refractivity contribution in [2.24, 2.45) is 4.99 Å². The van der Waals surface area contributed by atoms with Crippen LogP contribution in [0.4, 0.5) is 0 Å². The molecule has 2 heterocycles. The third-order valence-corrected chi connectivity index (χ3v) is 5.50. The van der Waals surface area contributed by atoms with Gasteiger partial charge in [0.15, 0.2) is 5.82 Å². The molecule has 7 heteroatoms. The fourth-order valence-corrected chi connectivity index (χ4v) is 3.94. The summed E-state index contributed by atoms with van der Waals surface area (Å²) < 4.78 is 12.9. The van der Waals surface area contributed by atoms with Crippen molar-refractivity contribution in [1.82, 2.24) is 14.8 Å². The maximum absolute atomic E-state index is 12.6. The van der Waals surface area contributed by atoms with Gasteiger partial charge in [0.1, 0.15) is 17.6 Å². The van der Waals surface area contributed by atoms with E-state index in [4.69, 9.17) is 14.5 Å². The summed E-state index contributed by atoms with van der Waals surface area (Å²) in [6, 6.07) is 13.7. The van der Waals surface area contributed by atoms with Crippen molar-refractivity contribution in [2.45, 2.75) is 52.7 Å². The highest BCUT2D eigenvalue weighted by atomic mass is 16.5. The highest BCUT2D eigenvalue weighted by molar-refractivity contribution is 6.15. The van der Waals surface area contributed by atoms with E-state index in [9.17, 15) is 4.79 Å². The first kappa shape index (κ1) is 21.7. The molecule has 0 saturated carbocycles. The van der Waals surface area contributed by atoms with E-state index in [0.29, 0.717) is 5.82 Å². The van der Waals surface area contributed by atoms with E-state index in [1.54, 1.807) is 7.11 Å². The largest absolute Gasteiger partial charge is 0.497 e. The summed E-state index contributed by atoms with van der Waals surface area (Å²) in [5.74, 6) is 1.76. The van der Waals surface area contributed by atoms with Crippen LogP contribution in [-0.2, 0) is 16.0 Å². The van der Waals surface area contributed by atoms with Gasteiger partial charge in [-0.25, -0.2) is 0 Å². The number of nitrogens with zero attached hydrogens (tertiary/aromatic N) is 4. The van der Waals surface area contributed by atoms with Crippen LogP contribution in [0.25, 0.3) is 5.69 Å². The van der Waals surface area contributed by atoms with Crippen molar-refractivity contribution in [3.05, 3.63) is 70.8 Å². The number of carbonyl (C=O) groups is 1. The Morgan fingerprint density at radius 2 is 1.88 bits per heavy atom. The topological polar surface area (TPSA) is 78.6 Å². The Labute approximate surface area is 188 Å². The summed E-state index contributed by atoms with van der Waals surface area (Å²) in [4.78, 5) is 17.6. The van der Waals surface area contributed by atoms with E-state index in [-0.39, 0.29) is 18.5 Å². The maximum Gasteiger partial charge on any atom is 0.308 e. The zero-order valence-electron chi connectivity index (χ0n) is 19.1. The lowest BCUT2D eigenvalue weighted by Gasteiger charge is -2.14. The third kappa shape index (κ3) is 4.15. The molecule has 0 aliphatic carbocycles. The summed E-state index contributed by atoms with van der Waals surface area (Å²) in [7, 11) is 1.64. The first-order valence-electron chi connectivity index (χ1n) is 10.9. The molecule has 0 amide bonds. The van der Waals surface area contributed by atoms with E-state index >= 15 is 0 Å². The molecule has 1 aliphatic rings. The smallest absolute Gasteiger partial charge is 0.308 e. The molecule has 0 unspecified atom stereocenters. The molecule has 1 aromatic heterocycles. The molecule has 7 nitrogen and oxygen atoms in total. The van der Waals surface area contributed by atoms with Crippen LogP contribution in [0.5, 0.6) is 5.75 Å². The second kappa shape index (κ2) is 8.94. The van der Waals surface area contributed by atoms with Crippen molar-refractivity contribution in [3.8, 4) is 11.4 Å². The molecule has 166 valence electrons. The first-order valence-corrected chi connectivity index (χ1v) is 10.9. The van der Waals surface area contributed by atoms with E-state index < -0.39 is 6.04 Å². The normalized spacial score (nSPS) is 14.9. The van der Waals surface area contributed by atoms with Gasteiger partial charge >= 0.3 is 5.97 Å². The lowest BCUT2D eigenvalue weighted by molar-refractivity contribution is -0.147. The van der Waals surface area contributed by atoms with Crippen molar-refractivity contribution < 1.29 is 14.3 Å². The monoisotopic (exact) mass is 432 g/mol. The summed E-state index contributed by atoms with van der Waals surface area (Å²) >= 11 is 0. The number of fused-ring (bicyclic) bond motifs is 3. The molecule has 2 aromatic carbocycles. The van der Waals surface area contributed by atoms with Crippen LogP contribution in [0, 0.1) is 6.92 Å². The molecule has 0 fully saturated rings. The molecule has 3 aromatic rings. The highest BCUT2D eigenvalue weighted by Gasteiger charge is 2.30. The maximum atomic E-state index is 12.6. The van der Waals surface area contributed by atoms with E-state index in [1.807, 2.05) is 43.5 Å². The Morgan fingerprint density at radius 3 is 2.53 bits per heavy atom. The van der Waals surface area contributed by atoms with Gasteiger partial charge in [-0.2, -0.15) is 0 Å². The highest BCUT2D eigenvalue weighted by Crippen LogP contribution is 2.34. The zero-order valence-corrected chi connectivity index (χ0v) is 19.1. The first-order chi connectivity index (χ1) is 15.4. The summed E-state index contributed by atoms with van der Waals surface area (Å²) in [6.45, 7) is 7.70. The number of ether oxygens (including phenoxy) is 2. The minimum Gasteiger partial charge on any atom is -0.497 e. The van der Waals surface area contributed by atoms with Gasteiger partial charge in [-0.15, -0.1) is 10.2 Å². The molecule has 4 rings (SSSR count). The van der Waals surface area contributed by atoms with Crippen LogP contribution in [0.15, 0.2) is 47.5 Å². The van der Waals surface area contributed by atoms with Gasteiger partial charge < -0.3 is 9.47 Å².